The first-order valence-corrected chi connectivity index (χ1v) is 11.6. The first kappa shape index (κ1) is 27.0. The maximum absolute atomic E-state index is 13.1. The molecule has 1 heterocycles. The molecular weight excluding hydrogens is 485 g/mol. The summed E-state index contributed by atoms with van der Waals surface area (Å²) in [6.45, 7) is 3.79. The Kier molecular flexibility index (Phi) is 10.5. The highest BCUT2D eigenvalue weighted by Gasteiger charge is 2.22. The average molecular weight is 514 g/mol. The van der Waals surface area contributed by atoms with Crippen molar-refractivity contribution in [1.82, 2.24) is 9.88 Å². The molecule has 0 spiro atoms. The number of carbonyl (C=O) groups excluding carboxylic acids is 1. The van der Waals surface area contributed by atoms with Crippen LogP contribution in [0, 0.1) is 0 Å². The predicted octanol–water partition coefficient (Wildman–Crippen LogP) is 5.14. The number of ether oxygens (including phenoxy) is 3. The number of hydrogen-bond acceptors (Lipinski definition) is 7. The van der Waals surface area contributed by atoms with E-state index in [2.05, 4.69) is 9.88 Å². The number of benzene rings is 2. The molecular formula is C23H29Cl2N3O4S. The summed E-state index contributed by atoms with van der Waals surface area (Å²) in [7, 11) is 5.60. The van der Waals surface area contributed by atoms with Crippen molar-refractivity contribution in [3.05, 3.63) is 41.4 Å². The molecule has 2 aromatic carbocycles. The number of anilines is 1. The van der Waals surface area contributed by atoms with E-state index in [4.69, 9.17) is 25.8 Å². The summed E-state index contributed by atoms with van der Waals surface area (Å²) >= 11 is 7.75. The molecule has 10 heteroatoms. The number of methoxy groups -OCH3 is 1. The van der Waals surface area contributed by atoms with Gasteiger partial charge in [-0.1, -0.05) is 22.9 Å². The molecule has 0 atom stereocenters. The lowest BCUT2D eigenvalue weighted by Gasteiger charge is -2.21. The van der Waals surface area contributed by atoms with E-state index in [1.807, 2.05) is 33.2 Å². The van der Waals surface area contributed by atoms with Gasteiger partial charge in [0.25, 0.3) is 5.91 Å². The molecule has 7 nitrogen and oxygen atoms in total. The van der Waals surface area contributed by atoms with Gasteiger partial charge in [-0.25, -0.2) is 4.98 Å². The molecule has 0 unspecified atom stereocenters. The van der Waals surface area contributed by atoms with E-state index in [1.165, 1.54) is 11.3 Å². The molecule has 0 N–H and O–H groups in total. The van der Waals surface area contributed by atoms with Gasteiger partial charge in [0.1, 0.15) is 22.8 Å². The van der Waals surface area contributed by atoms with Crippen molar-refractivity contribution in [2.75, 3.05) is 52.4 Å². The number of nitrogens with zero attached hydrogens (tertiary/aromatic N) is 3. The Bertz CT molecular complexity index is 1040. The molecule has 0 fully saturated rings. The monoisotopic (exact) mass is 513 g/mol. The van der Waals surface area contributed by atoms with E-state index in [0.29, 0.717) is 40.3 Å². The van der Waals surface area contributed by atoms with Crippen LogP contribution in [0.2, 0.25) is 5.02 Å². The minimum atomic E-state index is -0.174. The van der Waals surface area contributed by atoms with Crippen LogP contribution in [0.5, 0.6) is 17.2 Å². The van der Waals surface area contributed by atoms with Gasteiger partial charge in [0.05, 0.1) is 23.4 Å². The Labute approximate surface area is 209 Å². The van der Waals surface area contributed by atoms with Crippen LogP contribution in [0.15, 0.2) is 36.4 Å². The summed E-state index contributed by atoms with van der Waals surface area (Å²) in [5, 5.41) is 1.15. The Morgan fingerprint density at radius 3 is 2.33 bits per heavy atom. The summed E-state index contributed by atoms with van der Waals surface area (Å²) in [4.78, 5) is 21.6. The second-order valence-corrected chi connectivity index (χ2v) is 8.70. The van der Waals surface area contributed by atoms with Crippen LogP contribution >= 0.6 is 35.3 Å². The Hall–Kier alpha value is -2.26. The van der Waals surface area contributed by atoms with Gasteiger partial charge in [0.2, 0.25) is 0 Å². The summed E-state index contributed by atoms with van der Waals surface area (Å²) in [6.07, 6.45) is 0.794. The molecule has 180 valence electrons. The molecule has 0 radical (unpaired) electrons. The third-order valence-electron chi connectivity index (χ3n) is 4.68. The van der Waals surface area contributed by atoms with Gasteiger partial charge in [0.15, 0.2) is 11.7 Å². The van der Waals surface area contributed by atoms with Crippen LogP contribution in [-0.4, -0.2) is 63.3 Å². The number of hydrogen-bond donors (Lipinski definition) is 0. The zero-order valence-corrected chi connectivity index (χ0v) is 21.6. The van der Waals surface area contributed by atoms with Gasteiger partial charge in [-0.2, -0.15) is 0 Å². The lowest BCUT2D eigenvalue weighted by molar-refractivity contribution is -0.120. The highest BCUT2D eigenvalue weighted by molar-refractivity contribution is 7.23. The van der Waals surface area contributed by atoms with Crippen molar-refractivity contribution < 1.29 is 19.0 Å². The maximum Gasteiger partial charge on any atom is 0.266 e. The van der Waals surface area contributed by atoms with Crippen molar-refractivity contribution in [3.63, 3.8) is 0 Å². The first-order valence-electron chi connectivity index (χ1n) is 10.4. The molecule has 0 aliphatic rings. The van der Waals surface area contributed by atoms with E-state index >= 15 is 0 Å². The van der Waals surface area contributed by atoms with Crippen LogP contribution in [-0.2, 0) is 4.79 Å². The van der Waals surface area contributed by atoms with Crippen LogP contribution in [0.25, 0.3) is 10.2 Å². The largest absolute Gasteiger partial charge is 0.494 e. The number of halogens is 2. The van der Waals surface area contributed by atoms with Crippen molar-refractivity contribution in [2.45, 2.75) is 13.3 Å². The fourth-order valence-corrected chi connectivity index (χ4v) is 4.41. The topological polar surface area (TPSA) is 64.1 Å². The van der Waals surface area contributed by atoms with Gasteiger partial charge < -0.3 is 19.1 Å². The fraction of sp³-hybridized carbons (Fsp3) is 0.391. The fourth-order valence-electron chi connectivity index (χ4n) is 3.12. The molecule has 0 aliphatic heterocycles. The van der Waals surface area contributed by atoms with Crippen LogP contribution in [0.3, 0.4) is 0 Å². The molecule has 0 bridgehead atoms. The third kappa shape index (κ3) is 7.11. The van der Waals surface area contributed by atoms with Gasteiger partial charge >= 0.3 is 0 Å². The molecule has 33 heavy (non-hydrogen) atoms. The van der Waals surface area contributed by atoms with E-state index in [0.717, 1.165) is 23.4 Å². The number of carbonyl (C=O) groups is 1. The van der Waals surface area contributed by atoms with Gasteiger partial charge in [-0.15, -0.1) is 12.4 Å². The molecule has 0 aliphatic carbocycles. The SMILES string of the molecule is CCOc1ccc(OCC(=O)N(CCCN(C)C)c2nc3c(OC)ccc(Cl)c3s2)cc1.Cl. The van der Waals surface area contributed by atoms with Crippen LogP contribution in [0.1, 0.15) is 13.3 Å². The summed E-state index contributed by atoms with van der Waals surface area (Å²) < 4.78 is 17.4. The lowest BCUT2D eigenvalue weighted by Crippen LogP contribution is -2.36. The van der Waals surface area contributed by atoms with Crippen LogP contribution < -0.4 is 19.1 Å². The minimum Gasteiger partial charge on any atom is -0.494 e. The summed E-state index contributed by atoms with van der Waals surface area (Å²) in [5.41, 5.74) is 0.651. The van der Waals surface area contributed by atoms with Crippen molar-refractivity contribution in [1.29, 1.82) is 0 Å². The second-order valence-electron chi connectivity index (χ2n) is 7.32. The summed E-state index contributed by atoms with van der Waals surface area (Å²) in [5.74, 6) is 1.81. The molecule has 3 aromatic rings. The van der Waals surface area contributed by atoms with E-state index in [-0.39, 0.29) is 24.9 Å². The molecule has 0 saturated heterocycles. The molecule has 1 aromatic heterocycles. The molecule has 3 rings (SSSR count). The normalized spacial score (nSPS) is 10.7. The highest BCUT2D eigenvalue weighted by atomic mass is 35.5. The minimum absolute atomic E-state index is 0. The standard InChI is InChI=1S/C23H28ClN3O4S.ClH/c1-5-30-16-7-9-17(10-8-16)31-15-20(28)27(14-6-13-26(2)3)23-25-21-19(29-4)12-11-18(24)22(21)32-23;/h7-12H,5-6,13-15H2,1-4H3;1H. The smallest absolute Gasteiger partial charge is 0.266 e. The third-order valence-corrected chi connectivity index (χ3v) is 6.22. The van der Waals surface area contributed by atoms with Crippen molar-refractivity contribution in [3.8, 4) is 17.2 Å². The van der Waals surface area contributed by atoms with E-state index in [1.54, 1.807) is 36.3 Å². The molecule has 0 saturated carbocycles. The van der Waals surface area contributed by atoms with Crippen molar-refractivity contribution >= 4 is 56.6 Å². The Balaban J connectivity index is 0.00000385. The number of aromatic nitrogens is 1. The lowest BCUT2D eigenvalue weighted by atomic mass is 10.3. The zero-order chi connectivity index (χ0) is 23.1. The predicted molar refractivity (Wildman–Crippen MR) is 137 cm³/mol. The molecule has 1 amide bonds. The van der Waals surface area contributed by atoms with E-state index < -0.39 is 0 Å². The Morgan fingerprint density at radius 1 is 1.06 bits per heavy atom. The number of amides is 1. The average Bonchev–Trinajstić information content (AvgIpc) is 3.22. The summed E-state index contributed by atoms with van der Waals surface area (Å²) in [6, 6.07) is 10.8. The van der Waals surface area contributed by atoms with Gasteiger partial charge in [0, 0.05) is 6.54 Å². The van der Waals surface area contributed by atoms with Gasteiger partial charge in [-0.3, -0.25) is 9.69 Å². The quantitative estimate of drug-likeness (QED) is 0.353. The second kappa shape index (κ2) is 12.8. The van der Waals surface area contributed by atoms with Gasteiger partial charge in [-0.05, 0) is 70.4 Å². The zero-order valence-electron chi connectivity index (χ0n) is 19.2. The number of thiazole rings is 1. The van der Waals surface area contributed by atoms with Crippen LogP contribution in [0.4, 0.5) is 5.13 Å². The maximum atomic E-state index is 13.1. The Morgan fingerprint density at radius 2 is 1.73 bits per heavy atom. The number of rotatable bonds is 11. The number of fused-ring (bicyclic) bond motifs is 1. The van der Waals surface area contributed by atoms with E-state index in [9.17, 15) is 4.79 Å². The first-order chi connectivity index (χ1) is 15.4. The highest BCUT2D eigenvalue weighted by Crippen LogP contribution is 2.38. The van der Waals surface area contributed by atoms with Crippen molar-refractivity contribution in [2.24, 2.45) is 0 Å².